The normalized spacial score (nSPS) is 24.6. The van der Waals surface area contributed by atoms with Crippen LogP contribution in [0.1, 0.15) is 25.3 Å². The molecular weight excluding hydrogens is 229 g/mol. The van der Waals surface area contributed by atoms with Crippen molar-refractivity contribution in [3.05, 3.63) is 34.6 Å². The Balaban J connectivity index is 2.14. The van der Waals surface area contributed by atoms with Crippen LogP contribution in [0.5, 0.6) is 0 Å². The maximum atomic E-state index is 13.0. The summed E-state index contributed by atoms with van der Waals surface area (Å²) in [5, 5.41) is 3.07. The van der Waals surface area contributed by atoms with Crippen molar-refractivity contribution in [3.8, 4) is 0 Å². The van der Waals surface area contributed by atoms with Crippen molar-refractivity contribution in [1.82, 2.24) is 5.32 Å². The van der Waals surface area contributed by atoms with Gasteiger partial charge in [-0.1, -0.05) is 17.7 Å². The summed E-state index contributed by atoms with van der Waals surface area (Å²) < 4.78 is 13.0. The molecular formula is C12H13ClFNO. The van der Waals surface area contributed by atoms with E-state index < -0.39 is 5.82 Å². The molecule has 1 aliphatic heterocycles. The van der Waals surface area contributed by atoms with Crippen LogP contribution in [0.15, 0.2) is 18.2 Å². The van der Waals surface area contributed by atoms with Gasteiger partial charge in [-0.3, -0.25) is 4.79 Å². The van der Waals surface area contributed by atoms with Crippen molar-refractivity contribution < 1.29 is 9.18 Å². The number of nitrogens with one attached hydrogen (secondary N) is 1. The predicted octanol–water partition coefficient (Wildman–Crippen LogP) is 2.69. The molecule has 1 saturated heterocycles. The summed E-state index contributed by atoms with van der Waals surface area (Å²) >= 11 is 5.71. The van der Waals surface area contributed by atoms with Gasteiger partial charge in [-0.25, -0.2) is 4.39 Å². The molecule has 16 heavy (non-hydrogen) atoms. The van der Waals surface area contributed by atoms with Gasteiger partial charge in [0.25, 0.3) is 0 Å². The Labute approximate surface area is 98.8 Å². The number of carbonyl (C=O) groups is 1. The van der Waals surface area contributed by atoms with E-state index in [9.17, 15) is 9.18 Å². The minimum atomic E-state index is -0.411. The number of rotatable bonds is 2. The highest BCUT2D eigenvalue weighted by molar-refractivity contribution is 6.30. The van der Waals surface area contributed by atoms with Crippen LogP contribution >= 0.6 is 11.6 Å². The third-order valence-electron chi connectivity index (χ3n) is 2.92. The summed E-state index contributed by atoms with van der Waals surface area (Å²) in [6.45, 7) is 2.00. The smallest absolute Gasteiger partial charge is 0.220 e. The number of halogens is 2. The minimum absolute atomic E-state index is 0.0794. The molecule has 1 aliphatic rings. The Morgan fingerprint density at radius 2 is 2.31 bits per heavy atom. The third kappa shape index (κ3) is 2.35. The third-order valence-corrected chi connectivity index (χ3v) is 3.21. The second-order valence-corrected chi connectivity index (χ2v) is 4.94. The van der Waals surface area contributed by atoms with Crippen molar-refractivity contribution >= 4 is 17.5 Å². The number of amides is 1. The van der Waals surface area contributed by atoms with E-state index in [0.717, 1.165) is 12.0 Å². The van der Waals surface area contributed by atoms with Gasteiger partial charge in [-0.05, 0) is 37.5 Å². The summed E-state index contributed by atoms with van der Waals surface area (Å²) in [6.07, 6.45) is 2.05. The van der Waals surface area contributed by atoms with E-state index in [2.05, 4.69) is 5.32 Å². The fourth-order valence-corrected chi connectivity index (χ4v) is 2.29. The molecule has 1 aromatic rings. The second-order valence-electron chi connectivity index (χ2n) is 4.53. The summed E-state index contributed by atoms with van der Waals surface area (Å²) in [7, 11) is 0. The van der Waals surface area contributed by atoms with Crippen molar-refractivity contribution in [2.45, 2.75) is 31.7 Å². The molecule has 0 bridgehead atoms. The van der Waals surface area contributed by atoms with E-state index in [1.54, 1.807) is 12.1 Å². The molecule has 1 amide bonds. The van der Waals surface area contributed by atoms with Crippen LogP contribution in [0.2, 0.25) is 5.02 Å². The quantitative estimate of drug-likeness (QED) is 0.848. The summed E-state index contributed by atoms with van der Waals surface area (Å²) in [5.74, 6) is -0.332. The zero-order chi connectivity index (χ0) is 11.8. The van der Waals surface area contributed by atoms with E-state index >= 15 is 0 Å². The Morgan fingerprint density at radius 3 is 2.88 bits per heavy atom. The molecule has 1 heterocycles. The average molecular weight is 242 g/mol. The SMILES string of the molecule is CC1(Cc2ccc(F)c(Cl)c2)CCC(=O)N1. The monoisotopic (exact) mass is 241 g/mol. The average Bonchev–Trinajstić information content (AvgIpc) is 2.52. The molecule has 0 aliphatic carbocycles. The number of benzene rings is 1. The molecule has 4 heteroatoms. The van der Waals surface area contributed by atoms with Gasteiger partial charge in [0.2, 0.25) is 5.91 Å². The van der Waals surface area contributed by atoms with Gasteiger partial charge in [0, 0.05) is 12.0 Å². The highest BCUT2D eigenvalue weighted by Crippen LogP contribution is 2.26. The first-order valence-electron chi connectivity index (χ1n) is 5.23. The number of hydrogen-bond donors (Lipinski definition) is 1. The number of carbonyl (C=O) groups excluding carboxylic acids is 1. The van der Waals surface area contributed by atoms with E-state index in [-0.39, 0.29) is 16.5 Å². The van der Waals surface area contributed by atoms with E-state index in [1.165, 1.54) is 6.07 Å². The van der Waals surface area contributed by atoms with Gasteiger partial charge >= 0.3 is 0 Å². The largest absolute Gasteiger partial charge is 0.351 e. The lowest BCUT2D eigenvalue weighted by atomic mass is 9.91. The lowest BCUT2D eigenvalue weighted by molar-refractivity contribution is -0.119. The maximum Gasteiger partial charge on any atom is 0.220 e. The number of hydrogen-bond acceptors (Lipinski definition) is 1. The highest BCUT2D eigenvalue weighted by atomic mass is 35.5. The minimum Gasteiger partial charge on any atom is -0.351 e. The van der Waals surface area contributed by atoms with Crippen LogP contribution in [0.25, 0.3) is 0 Å². The van der Waals surface area contributed by atoms with Gasteiger partial charge in [0.05, 0.1) is 5.02 Å². The van der Waals surface area contributed by atoms with Crippen LogP contribution in [0, 0.1) is 5.82 Å². The maximum absolute atomic E-state index is 13.0. The van der Waals surface area contributed by atoms with E-state index in [1.807, 2.05) is 6.92 Å². The van der Waals surface area contributed by atoms with Crippen LogP contribution in [0.4, 0.5) is 4.39 Å². The lowest BCUT2D eigenvalue weighted by Crippen LogP contribution is -2.40. The van der Waals surface area contributed by atoms with Gasteiger partial charge in [0.1, 0.15) is 5.82 Å². The van der Waals surface area contributed by atoms with Crippen LogP contribution < -0.4 is 5.32 Å². The lowest BCUT2D eigenvalue weighted by Gasteiger charge is -2.24. The Morgan fingerprint density at radius 1 is 1.56 bits per heavy atom. The molecule has 2 rings (SSSR count). The molecule has 0 aromatic heterocycles. The highest BCUT2D eigenvalue weighted by Gasteiger charge is 2.32. The summed E-state index contributed by atoms with van der Waals surface area (Å²) in [6, 6.07) is 4.68. The fraction of sp³-hybridized carbons (Fsp3) is 0.417. The molecule has 0 spiro atoms. The van der Waals surface area contributed by atoms with E-state index in [0.29, 0.717) is 12.8 Å². The molecule has 2 nitrogen and oxygen atoms in total. The van der Waals surface area contributed by atoms with E-state index in [4.69, 9.17) is 11.6 Å². The van der Waals surface area contributed by atoms with Crippen molar-refractivity contribution in [1.29, 1.82) is 0 Å². The zero-order valence-electron chi connectivity index (χ0n) is 9.02. The first-order valence-corrected chi connectivity index (χ1v) is 5.61. The Hall–Kier alpha value is -1.09. The topological polar surface area (TPSA) is 29.1 Å². The van der Waals surface area contributed by atoms with Crippen LogP contribution in [0.3, 0.4) is 0 Å². The molecule has 1 unspecified atom stereocenters. The molecule has 1 aromatic carbocycles. The Kier molecular flexibility index (Phi) is 2.89. The molecule has 1 fully saturated rings. The van der Waals surface area contributed by atoms with Gasteiger partial charge in [0.15, 0.2) is 0 Å². The molecule has 86 valence electrons. The summed E-state index contributed by atoms with van der Waals surface area (Å²) in [4.78, 5) is 11.2. The van der Waals surface area contributed by atoms with Crippen LogP contribution in [-0.4, -0.2) is 11.4 Å². The first kappa shape index (κ1) is 11.4. The van der Waals surface area contributed by atoms with Crippen molar-refractivity contribution in [2.75, 3.05) is 0 Å². The molecule has 0 saturated carbocycles. The summed E-state index contributed by atoms with van der Waals surface area (Å²) in [5.41, 5.74) is 0.717. The van der Waals surface area contributed by atoms with Crippen molar-refractivity contribution in [2.24, 2.45) is 0 Å². The standard InChI is InChI=1S/C12H13ClFNO/c1-12(5-4-11(16)15-12)7-8-2-3-10(14)9(13)6-8/h2-3,6H,4-5,7H2,1H3,(H,15,16). The van der Waals surface area contributed by atoms with Gasteiger partial charge in [-0.15, -0.1) is 0 Å². The van der Waals surface area contributed by atoms with Crippen LogP contribution in [-0.2, 0) is 11.2 Å². The van der Waals surface area contributed by atoms with Crippen molar-refractivity contribution in [3.63, 3.8) is 0 Å². The molecule has 1 N–H and O–H groups in total. The fourth-order valence-electron chi connectivity index (χ4n) is 2.08. The molecule has 1 atom stereocenters. The van der Waals surface area contributed by atoms with Gasteiger partial charge in [-0.2, -0.15) is 0 Å². The second kappa shape index (κ2) is 4.06. The molecule has 0 radical (unpaired) electrons. The predicted molar refractivity (Wildman–Crippen MR) is 60.9 cm³/mol. The zero-order valence-corrected chi connectivity index (χ0v) is 9.77. The Bertz CT molecular complexity index is 435. The first-order chi connectivity index (χ1) is 7.48. The van der Waals surface area contributed by atoms with Gasteiger partial charge < -0.3 is 5.32 Å².